The van der Waals surface area contributed by atoms with Crippen LogP contribution in [0.1, 0.15) is 19.8 Å². The smallest absolute Gasteiger partial charge is 0.266 e. The van der Waals surface area contributed by atoms with E-state index in [0.29, 0.717) is 6.54 Å². The van der Waals surface area contributed by atoms with Crippen LogP contribution in [0, 0.1) is 0 Å². The SMILES string of the molecule is CCCCn1c(=O)[nH]nc(Br)c1=O. The number of rotatable bonds is 3. The van der Waals surface area contributed by atoms with E-state index < -0.39 is 5.69 Å². The minimum absolute atomic E-state index is 0.142. The van der Waals surface area contributed by atoms with Gasteiger partial charge in [0.15, 0.2) is 4.60 Å². The quantitative estimate of drug-likeness (QED) is 0.846. The molecule has 0 aliphatic rings. The van der Waals surface area contributed by atoms with Crippen molar-refractivity contribution in [3.8, 4) is 0 Å². The van der Waals surface area contributed by atoms with E-state index in [1.807, 2.05) is 6.92 Å². The van der Waals surface area contributed by atoms with Gasteiger partial charge in [-0.1, -0.05) is 13.3 Å². The van der Waals surface area contributed by atoms with E-state index in [9.17, 15) is 9.59 Å². The van der Waals surface area contributed by atoms with Gasteiger partial charge in [0.25, 0.3) is 5.56 Å². The molecule has 1 N–H and O–H groups in total. The molecule has 0 aliphatic carbocycles. The molecule has 1 aromatic rings. The van der Waals surface area contributed by atoms with Crippen molar-refractivity contribution in [1.82, 2.24) is 14.8 Å². The van der Waals surface area contributed by atoms with Gasteiger partial charge in [-0.3, -0.25) is 9.36 Å². The topological polar surface area (TPSA) is 67.8 Å². The highest BCUT2D eigenvalue weighted by molar-refractivity contribution is 9.10. The van der Waals surface area contributed by atoms with Crippen LogP contribution < -0.4 is 11.2 Å². The number of H-pyrrole nitrogens is 1. The van der Waals surface area contributed by atoms with Crippen LogP contribution in [0.15, 0.2) is 14.2 Å². The van der Waals surface area contributed by atoms with E-state index in [4.69, 9.17) is 0 Å². The van der Waals surface area contributed by atoms with Crippen LogP contribution in [0.5, 0.6) is 0 Å². The molecule has 0 fully saturated rings. The van der Waals surface area contributed by atoms with E-state index in [2.05, 4.69) is 26.1 Å². The first-order chi connectivity index (χ1) is 6.16. The summed E-state index contributed by atoms with van der Waals surface area (Å²) in [6.07, 6.45) is 1.74. The molecule has 0 bridgehead atoms. The summed E-state index contributed by atoms with van der Waals surface area (Å²) < 4.78 is 1.28. The fraction of sp³-hybridized carbons (Fsp3) is 0.571. The van der Waals surface area contributed by atoms with Gasteiger partial charge in [-0.15, -0.1) is 0 Å². The molecule has 1 rings (SSSR count). The molecule has 1 heterocycles. The molecule has 1 aromatic heterocycles. The summed E-state index contributed by atoms with van der Waals surface area (Å²) >= 11 is 2.96. The maximum absolute atomic E-state index is 11.3. The van der Waals surface area contributed by atoms with Crippen LogP contribution in [-0.4, -0.2) is 14.8 Å². The third kappa shape index (κ3) is 2.27. The highest BCUT2D eigenvalue weighted by Crippen LogP contribution is 1.93. The van der Waals surface area contributed by atoms with E-state index in [1.165, 1.54) is 0 Å². The summed E-state index contributed by atoms with van der Waals surface area (Å²) in [7, 11) is 0. The summed E-state index contributed by atoms with van der Waals surface area (Å²) in [6, 6.07) is 0. The molecule has 72 valence electrons. The molecule has 0 aliphatic heterocycles. The van der Waals surface area contributed by atoms with Gasteiger partial charge < -0.3 is 0 Å². The number of aromatic nitrogens is 3. The van der Waals surface area contributed by atoms with E-state index >= 15 is 0 Å². The number of halogens is 1. The van der Waals surface area contributed by atoms with Crippen LogP contribution in [0.4, 0.5) is 0 Å². The maximum Gasteiger partial charge on any atom is 0.344 e. The zero-order valence-electron chi connectivity index (χ0n) is 7.21. The van der Waals surface area contributed by atoms with Gasteiger partial charge >= 0.3 is 5.69 Å². The molecule has 0 amide bonds. The summed E-state index contributed by atoms with van der Waals surface area (Å²) in [6.45, 7) is 2.43. The molecule has 0 aromatic carbocycles. The first-order valence-corrected chi connectivity index (χ1v) is 4.81. The van der Waals surface area contributed by atoms with Crippen molar-refractivity contribution >= 4 is 15.9 Å². The van der Waals surface area contributed by atoms with Gasteiger partial charge in [0, 0.05) is 6.54 Å². The fourth-order valence-corrected chi connectivity index (χ4v) is 1.23. The van der Waals surface area contributed by atoms with E-state index in [0.717, 1.165) is 17.4 Å². The number of unbranched alkanes of at least 4 members (excludes halogenated alkanes) is 1. The average Bonchev–Trinajstić information content (AvgIpc) is 2.12. The Bertz CT molecular complexity index is 395. The van der Waals surface area contributed by atoms with Crippen molar-refractivity contribution in [2.75, 3.05) is 0 Å². The second-order valence-corrected chi connectivity index (χ2v) is 3.38. The molecular formula is C7H10BrN3O2. The van der Waals surface area contributed by atoms with Crippen molar-refractivity contribution in [2.45, 2.75) is 26.3 Å². The summed E-state index contributed by atoms with van der Waals surface area (Å²) in [5, 5.41) is 5.72. The Morgan fingerprint density at radius 1 is 1.54 bits per heavy atom. The summed E-state index contributed by atoms with van der Waals surface area (Å²) in [5.41, 5.74) is -0.834. The lowest BCUT2D eigenvalue weighted by Gasteiger charge is -2.01. The highest BCUT2D eigenvalue weighted by atomic mass is 79.9. The highest BCUT2D eigenvalue weighted by Gasteiger charge is 2.04. The van der Waals surface area contributed by atoms with E-state index in [-0.39, 0.29) is 10.2 Å². The molecule has 0 atom stereocenters. The Morgan fingerprint density at radius 2 is 2.23 bits per heavy atom. The maximum atomic E-state index is 11.3. The van der Waals surface area contributed by atoms with Crippen molar-refractivity contribution < 1.29 is 0 Å². The van der Waals surface area contributed by atoms with Gasteiger partial charge in [-0.2, -0.15) is 5.10 Å². The first-order valence-electron chi connectivity index (χ1n) is 4.01. The van der Waals surface area contributed by atoms with Crippen molar-refractivity contribution in [3.63, 3.8) is 0 Å². The minimum Gasteiger partial charge on any atom is -0.266 e. The largest absolute Gasteiger partial charge is 0.344 e. The Balaban J connectivity index is 3.11. The third-order valence-corrected chi connectivity index (χ3v) is 2.17. The number of aromatic amines is 1. The van der Waals surface area contributed by atoms with Crippen molar-refractivity contribution in [2.24, 2.45) is 0 Å². The Hall–Kier alpha value is -0.910. The van der Waals surface area contributed by atoms with Crippen molar-refractivity contribution in [1.29, 1.82) is 0 Å². The molecule has 0 unspecified atom stereocenters. The second-order valence-electron chi connectivity index (χ2n) is 2.63. The number of hydrogen-bond donors (Lipinski definition) is 1. The van der Waals surface area contributed by atoms with Gasteiger partial charge in [0.1, 0.15) is 0 Å². The fourth-order valence-electron chi connectivity index (χ4n) is 0.928. The van der Waals surface area contributed by atoms with Crippen LogP contribution >= 0.6 is 15.9 Å². The standard InChI is InChI=1S/C7H10BrN3O2/c1-2-3-4-11-6(12)5(8)9-10-7(11)13/h2-4H2,1H3,(H,10,13). The lowest BCUT2D eigenvalue weighted by atomic mass is 10.3. The van der Waals surface area contributed by atoms with Gasteiger partial charge in [0.2, 0.25) is 0 Å². The number of hydrogen-bond acceptors (Lipinski definition) is 3. The van der Waals surface area contributed by atoms with Gasteiger partial charge in [-0.25, -0.2) is 9.89 Å². The summed E-state index contributed by atoms with van der Waals surface area (Å²) in [4.78, 5) is 22.5. The molecule has 5 nitrogen and oxygen atoms in total. The van der Waals surface area contributed by atoms with Crippen LogP contribution in [0.2, 0.25) is 0 Å². The lowest BCUT2D eigenvalue weighted by molar-refractivity contribution is 0.565. The van der Waals surface area contributed by atoms with Gasteiger partial charge in [0.05, 0.1) is 0 Å². The molecule has 0 radical (unpaired) electrons. The molecule has 0 saturated heterocycles. The third-order valence-electron chi connectivity index (χ3n) is 1.65. The predicted octanol–water partition coefficient (Wildman–Crippen LogP) is 0.494. The number of nitrogens with one attached hydrogen (secondary N) is 1. The molecule has 6 heteroatoms. The monoisotopic (exact) mass is 247 g/mol. The number of nitrogens with zero attached hydrogens (tertiary/aromatic N) is 2. The molecule has 0 spiro atoms. The zero-order valence-corrected chi connectivity index (χ0v) is 8.80. The Morgan fingerprint density at radius 3 is 2.85 bits per heavy atom. The predicted molar refractivity (Wildman–Crippen MR) is 51.7 cm³/mol. The lowest BCUT2D eigenvalue weighted by Crippen LogP contribution is -2.36. The Kier molecular flexibility index (Phi) is 3.41. The normalized spacial score (nSPS) is 10.3. The van der Waals surface area contributed by atoms with Crippen LogP contribution in [-0.2, 0) is 6.54 Å². The Labute approximate surface area is 82.9 Å². The van der Waals surface area contributed by atoms with Gasteiger partial charge in [-0.05, 0) is 22.4 Å². The average molecular weight is 248 g/mol. The molecule has 13 heavy (non-hydrogen) atoms. The van der Waals surface area contributed by atoms with E-state index in [1.54, 1.807) is 0 Å². The minimum atomic E-state index is -0.457. The molecular weight excluding hydrogens is 238 g/mol. The summed E-state index contributed by atoms with van der Waals surface area (Å²) in [5.74, 6) is 0. The van der Waals surface area contributed by atoms with Crippen LogP contribution in [0.25, 0.3) is 0 Å². The second kappa shape index (κ2) is 4.36. The van der Waals surface area contributed by atoms with Crippen molar-refractivity contribution in [3.05, 3.63) is 25.4 Å². The first kappa shape index (κ1) is 10.2. The van der Waals surface area contributed by atoms with Crippen LogP contribution in [0.3, 0.4) is 0 Å². The molecule has 0 saturated carbocycles. The zero-order chi connectivity index (χ0) is 9.84.